The minimum atomic E-state index is -0.494. The van der Waals surface area contributed by atoms with Crippen LogP contribution in [-0.4, -0.2) is 26.4 Å². The summed E-state index contributed by atoms with van der Waals surface area (Å²) in [7, 11) is 1.32. The molecule has 2 aromatic carbocycles. The van der Waals surface area contributed by atoms with Crippen LogP contribution in [0.4, 0.5) is 10.5 Å². The molecule has 0 unspecified atom stereocenters. The van der Waals surface area contributed by atoms with Crippen molar-refractivity contribution < 1.29 is 19.0 Å². The Morgan fingerprint density at radius 3 is 2.09 bits per heavy atom. The van der Waals surface area contributed by atoms with Crippen molar-refractivity contribution in [2.75, 3.05) is 25.6 Å². The molecular weight excluding hydrogens is 282 g/mol. The molecule has 5 heteroatoms. The molecule has 0 saturated heterocycles. The van der Waals surface area contributed by atoms with Gasteiger partial charge in [0.15, 0.2) is 0 Å². The number of carbonyl (C=O) groups is 1. The van der Waals surface area contributed by atoms with E-state index in [4.69, 9.17) is 9.47 Å². The first kappa shape index (κ1) is 15.7. The summed E-state index contributed by atoms with van der Waals surface area (Å²) in [6.45, 7) is 1.17. The second-order valence-corrected chi connectivity index (χ2v) is 4.50. The van der Waals surface area contributed by atoms with Crippen LogP contribution in [0.2, 0.25) is 0 Å². The van der Waals surface area contributed by atoms with Crippen LogP contribution >= 0.6 is 0 Å². The first-order chi connectivity index (χ1) is 10.8. The number of amides is 1. The lowest BCUT2D eigenvalue weighted by molar-refractivity contribution is 0.187. The minimum absolute atomic E-state index is 0.494. The van der Waals surface area contributed by atoms with E-state index in [1.807, 2.05) is 30.3 Å². The van der Waals surface area contributed by atoms with Gasteiger partial charge in [-0.1, -0.05) is 18.2 Å². The van der Waals surface area contributed by atoms with Crippen LogP contribution in [0.25, 0.3) is 0 Å². The van der Waals surface area contributed by atoms with Crippen LogP contribution in [0.5, 0.6) is 11.5 Å². The van der Waals surface area contributed by atoms with Crippen molar-refractivity contribution in [3.8, 4) is 11.5 Å². The van der Waals surface area contributed by atoms with Gasteiger partial charge in [-0.25, -0.2) is 4.79 Å². The Kier molecular flexibility index (Phi) is 6.11. The van der Waals surface area contributed by atoms with Gasteiger partial charge < -0.3 is 14.2 Å². The fourth-order valence-electron chi connectivity index (χ4n) is 1.76. The Bertz CT molecular complexity index is 569. The fraction of sp³-hybridized carbons (Fsp3) is 0.235. The van der Waals surface area contributed by atoms with Gasteiger partial charge in [-0.2, -0.15) is 0 Å². The van der Waals surface area contributed by atoms with Crippen molar-refractivity contribution in [2.24, 2.45) is 0 Å². The maximum atomic E-state index is 11.0. The number of benzene rings is 2. The summed E-state index contributed by atoms with van der Waals surface area (Å²) >= 11 is 0. The summed E-state index contributed by atoms with van der Waals surface area (Å²) in [5.41, 5.74) is 0.659. The van der Waals surface area contributed by atoms with Crippen molar-refractivity contribution in [1.29, 1.82) is 0 Å². The standard InChI is InChI=1S/C17H19NO4/c1-20-17(19)18-14-8-10-16(11-9-14)22-13-5-12-21-15-6-3-2-4-7-15/h2-4,6-11H,5,12-13H2,1H3,(H,18,19). The van der Waals surface area contributed by atoms with E-state index in [0.717, 1.165) is 17.9 Å². The quantitative estimate of drug-likeness (QED) is 0.792. The lowest BCUT2D eigenvalue weighted by Gasteiger charge is -2.09. The van der Waals surface area contributed by atoms with E-state index in [1.165, 1.54) is 7.11 Å². The van der Waals surface area contributed by atoms with Crippen molar-refractivity contribution >= 4 is 11.8 Å². The molecule has 0 aliphatic heterocycles. The molecule has 1 amide bonds. The molecule has 22 heavy (non-hydrogen) atoms. The first-order valence-electron chi connectivity index (χ1n) is 7.03. The van der Waals surface area contributed by atoms with Gasteiger partial charge in [-0.3, -0.25) is 5.32 Å². The molecule has 0 bridgehead atoms. The lowest BCUT2D eigenvalue weighted by atomic mass is 10.3. The number of hydrogen-bond acceptors (Lipinski definition) is 4. The van der Waals surface area contributed by atoms with E-state index in [0.29, 0.717) is 18.9 Å². The molecule has 0 aromatic heterocycles. The number of ether oxygens (including phenoxy) is 3. The van der Waals surface area contributed by atoms with E-state index >= 15 is 0 Å². The van der Waals surface area contributed by atoms with E-state index in [-0.39, 0.29) is 0 Å². The highest BCUT2D eigenvalue weighted by Crippen LogP contribution is 2.16. The number of anilines is 1. The van der Waals surface area contributed by atoms with Gasteiger partial charge in [0.2, 0.25) is 0 Å². The zero-order valence-corrected chi connectivity index (χ0v) is 12.5. The van der Waals surface area contributed by atoms with Gasteiger partial charge in [0, 0.05) is 12.1 Å². The van der Waals surface area contributed by atoms with Crippen LogP contribution < -0.4 is 14.8 Å². The van der Waals surface area contributed by atoms with E-state index in [1.54, 1.807) is 24.3 Å². The van der Waals surface area contributed by atoms with Gasteiger partial charge >= 0.3 is 6.09 Å². The van der Waals surface area contributed by atoms with Crippen molar-refractivity contribution in [2.45, 2.75) is 6.42 Å². The summed E-state index contributed by atoms with van der Waals surface area (Å²) in [4.78, 5) is 11.0. The number of nitrogens with one attached hydrogen (secondary N) is 1. The number of methoxy groups -OCH3 is 1. The Hall–Kier alpha value is -2.69. The molecule has 0 radical (unpaired) electrons. The van der Waals surface area contributed by atoms with Crippen LogP contribution in [-0.2, 0) is 4.74 Å². The van der Waals surface area contributed by atoms with Gasteiger partial charge in [0.1, 0.15) is 11.5 Å². The van der Waals surface area contributed by atoms with E-state index in [9.17, 15) is 4.79 Å². The SMILES string of the molecule is COC(=O)Nc1ccc(OCCCOc2ccccc2)cc1. The Morgan fingerprint density at radius 2 is 1.50 bits per heavy atom. The summed E-state index contributed by atoms with van der Waals surface area (Å²) < 4.78 is 15.7. The third kappa shape index (κ3) is 5.36. The summed E-state index contributed by atoms with van der Waals surface area (Å²) in [6.07, 6.45) is 0.295. The maximum Gasteiger partial charge on any atom is 0.411 e. The third-order valence-electron chi connectivity index (χ3n) is 2.86. The van der Waals surface area contributed by atoms with Gasteiger partial charge in [0.25, 0.3) is 0 Å². The minimum Gasteiger partial charge on any atom is -0.493 e. The average molecular weight is 301 g/mol. The smallest absolute Gasteiger partial charge is 0.411 e. The highest BCUT2D eigenvalue weighted by Gasteiger charge is 2.00. The molecule has 1 N–H and O–H groups in total. The predicted molar refractivity (Wildman–Crippen MR) is 84.5 cm³/mol. The molecule has 5 nitrogen and oxygen atoms in total. The maximum absolute atomic E-state index is 11.0. The van der Waals surface area contributed by atoms with Crippen molar-refractivity contribution in [1.82, 2.24) is 0 Å². The summed E-state index contributed by atoms with van der Waals surface area (Å²) in [5, 5.41) is 2.58. The number of para-hydroxylation sites is 1. The normalized spacial score (nSPS) is 9.86. The van der Waals surface area contributed by atoms with E-state index < -0.39 is 6.09 Å². The highest BCUT2D eigenvalue weighted by molar-refractivity contribution is 5.84. The predicted octanol–water partition coefficient (Wildman–Crippen LogP) is 3.71. The monoisotopic (exact) mass is 301 g/mol. The molecular formula is C17H19NO4. The number of hydrogen-bond donors (Lipinski definition) is 1. The number of carbonyl (C=O) groups excluding carboxylic acids is 1. The van der Waals surface area contributed by atoms with Gasteiger partial charge in [-0.15, -0.1) is 0 Å². The van der Waals surface area contributed by atoms with Crippen LogP contribution in [0.15, 0.2) is 54.6 Å². The second kappa shape index (κ2) is 8.56. The molecule has 2 rings (SSSR count). The molecule has 0 spiro atoms. The molecule has 0 fully saturated rings. The summed E-state index contributed by atoms with van der Waals surface area (Å²) in [5.74, 6) is 1.61. The zero-order chi connectivity index (χ0) is 15.6. The Labute approximate surface area is 129 Å². The molecule has 116 valence electrons. The van der Waals surface area contributed by atoms with Crippen LogP contribution in [0.1, 0.15) is 6.42 Å². The third-order valence-corrected chi connectivity index (χ3v) is 2.86. The topological polar surface area (TPSA) is 56.8 Å². The molecule has 2 aromatic rings. The Morgan fingerprint density at radius 1 is 0.909 bits per heavy atom. The zero-order valence-electron chi connectivity index (χ0n) is 12.5. The van der Waals surface area contributed by atoms with Crippen molar-refractivity contribution in [3.05, 3.63) is 54.6 Å². The van der Waals surface area contributed by atoms with Crippen LogP contribution in [0, 0.1) is 0 Å². The van der Waals surface area contributed by atoms with Gasteiger partial charge in [-0.05, 0) is 36.4 Å². The molecule has 0 saturated carbocycles. The molecule has 0 aliphatic rings. The molecule has 0 aliphatic carbocycles. The van der Waals surface area contributed by atoms with Crippen molar-refractivity contribution in [3.63, 3.8) is 0 Å². The van der Waals surface area contributed by atoms with E-state index in [2.05, 4.69) is 10.1 Å². The second-order valence-electron chi connectivity index (χ2n) is 4.50. The highest BCUT2D eigenvalue weighted by atomic mass is 16.5. The lowest BCUT2D eigenvalue weighted by Crippen LogP contribution is -2.10. The Balaban J connectivity index is 1.65. The molecule has 0 atom stereocenters. The average Bonchev–Trinajstić information content (AvgIpc) is 2.57. The first-order valence-corrected chi connectivity index (χ1v) is 7.03. The number of rotatable bonds is 7. The summed E-state index contributed by atoms with van der Waals surface area (Å²) in [6, 6.07) is 16.8. The molecule has 0 heterocycles. The largest absolute Gasteiger partial charge is 0.493 e. The fourth-order valence-corrected chi connectivity index (χ4v) is 1.76. The van der Waals surface area contributed by atoms with Gasteiger partial charge in [0.05, 0.1) is 20.3 Å². The van der Waals surface area contributed by atoms with Crippen LogP contribution in [0.3, 0.4) is 0 Å².